The van der Waals surface area contributed by atoms with E-state index in [1.165, 1.54) is 0 Å². The number of thiophene rings is 1. The summed E-state index contributed by atoms with van der Waals surface area (Å²) < 4.78 is 5.73. The fourth-order valence-corrected chi connectivity index (χ4v) is 3.31. The van der Waals surface area contributed by atoms with Crippen molar-refractivity contribution in [3.05, 3.63) is 21.9 Å². The molecule has 1 unspecified atom stereocenters. The molecule has 2 rings (SSSR count). The minimum Gasteiger partial charge on any atom is -0.479 e. The molecule has 1 atom stereocenters. The molecule has 0 saturated heterocycles. The summed E-state index contributed by atoms with van der Waals surface area (Å²) in [5.41, 5.74) is -0.244. The van der Waals surface area contributed by atoms with Crippen molar-refractivity contribution >= 4 is 17.3 Å². The number of carboxylic acid groups (broad SMARTS) is 1. The average Bonchev–Trinajstić information content (AvgIpc) is 2.65. The lowest BCUT2D eigenvalue weighted by Crippen LogP contribution is -2.42. The quantitative estimate of drug-likeness (QED) is 0.883. The van der Waals surface area contributed by atoms with Crippen LogP contribution < -0.4 is 0 Å². The first kappa shape index (κ1) is 11.6. The Morgan fingerprint density at radius 1 is 1.62 bits per heavy atom. The molecule has 1 aliphatic rings. The van der Waals surface area contributed by atoms with Gasteiger partial charge in [0.1, 0.15) is 0 Å². The lowest BCUT2D eigenvalue weighted by atomic mass is 9.83. The van der Waals surface area contributed by atoms with E-state index >= 15 is 0 Å². The molecule has 1 N–H and O–H groups in total. The fraction of sp³-hybridized carbons (Fsp3) is 0.583. The fourth-order valence-electron chi connectivity index (χ4n) is 2.32. The van der Waals surface area contributed by atoms with Crippen LogP contribution in [-0.2, 0) is 21.6 Å². The van der Waals surface area contributed by atoms with Gasteiger partial charge in [-0.3, -0.25) is 0 Å². The Kier molecular flexibility index (Phi) is 3.04. The highest BCUT2D eigenvalue weighted by Crippen LogP contribution is 2.41. The summed E-state index contributed by atoms with van der Waals surface area (Å²) in [4.78, 5) is 12.7. The van der Waals surface area contributed by atoms with Gasteiger partial charge < -0.3 is 9.84 Å². The smallest absolute Gasteiger partial charge is 0.340 e. The van der Waals surface area contributed by atoms with Crippen LogP contribution in [0.4, 0.5) is 0 Å². The Balaban J connectivity index is 2.45. The van der Waals surface area contributed by atoms with Crippen molar-refractivity contribution < 1.29 is 14.6 Å². The number of fused-ring (bicyclic) bond motifs is 1. The summed E-state index contributed by atoms with van der Waals surface area (Å²) in [5, 5.41) is 11.4. The molecule has 1 heterocycles. The van der Waals surface area contributed by atoms with E-state index in [2.05, 4.69) is 0 Å². The summed E-state index contributed by atoms with van der Waals surface area (Å²) in [5.74, 6) is -0.861. The van der Waals surface area contributed by atoms with Crippen LogP contribution in [0.5, 0.6) is 0 Å². The molecule has 0 aliphatic heterocycles. The van der Waals surface area contributed by atoms with E-state index in [9.17, 15) is 9.90 Å². The third kappa shape index (κ3) is 1.76. The number of hydrogen-bond acceptors (Lipinski definition) is 3. The van der Waals surface area contributed by atoms with Crippen LogP contribution in [0.1, 0.15) is 37.1 Å². The maximum absolute atomic E-state index is 11.6. The summed E-state index contributed by atoms with van der Waals surface area (Å²) >= 11 is 1.63. The second-order valence-corrected chi connectivity index (χ2v) is 5.41. The SMILES string of the molecule is CC(C)OC1(C(=O)O)CCCc2sccc21. The molecule has 0 amide bonds. The van der Waals surface area contributed by atoms with Crippen molar-refractivity contribution in [2.24, 2.45) is 0 Å². The lowest BCUT2D eigenvalue weighted by molar-refractivity contribution is -0.176. The first-order chi connectivity index (χ1) is 7.56. The molecule has 0 radical (unpaired) electrons. The van der Waals surface area contributed by atoms with Gasteiger partial charge in [-0.1, -0.05) is 0 Å². The van der Waals surface area contributed by atoms with Gasteiger partial charge in [0.05, 0.1) is 6.10 Å². The highest BCUT2D eigenvalue weighted by molar-refractivity contribution is 7.10. The molecule has 1 aromatic heterocycles. The van der Waals surface area contributed by atoms with Crippen molar-refractivity contribution in [1.82, 2.24) is 0 Å². The number of ether oxygens (including phenoxy) is 1. The standard InChI is InChI=1S/C12H16O3S/c1-8(2)15-12(11(13)14)6-3-4-10-9(12)5-7-16-10/h5,7-8H,3-4,6H2,1-2H3,(H,13,14). The molecule has 1 aliphatic carbocycles. The molecule has 1 aromatic rings. The van der Waals surface area contributed by atoms with Crippen LogP contribution in [0.3, 0.4) is 0 Å². The monoisotopic (exact) mass is 240 g/mol. The summed E-state index contributed by atoms with van der Waals surface area (Å²) in [6.45, 7) is 3.76. The first-order valence-corrected chi connectivity index (χ1v) is 6.42. The largest absolute Gasteiger partial charge is 0.479 e. The van der Waals surface area contributed by atoms with Gasteiger partial charge in [0.25, 0.3) is 0 Å². The van der Waals surface area contributed by atoms with Crippen LogP contribution in [0, 0.1) is 0 Å². The molecule has 4 heteroatoms. The topological polar surface area (TPSA) is 46.5 Å². The Morgan fingerprint density at radius 3 is 3.00 bits per heavy atom. The Morgan fingerprint density at radius 2 is 2.38 bits per heavy atom. The van der Waals surface area contributed by atoms with Crippen molar-refractivity contribution in [1.29, 1.82) is 0 Å². The Bertz CT molecular complexity index is 397. The van der Waals surface area contributed by atoms with Gasteiger partial charge in [-0.2, -0.15) is 0 Å². The molecule has 3 nitrogen and oxygen atoms in total. The van der Waals surface area contributed by atoms with Crippen molar-refractivity contribution in [3.8, 4) is 0 Å². The van der Waals surface area contributed by atoms with Crippen molar-refractivity contribution in [2.45, 2.75) is 44.8 Å². The zero-order valence-electron chi connectivity index (χ0n) is 9.53. The van der Waals surface area contributed by atoms with Gasteiger partial charge in [0.15, 0.2) is 5.60 Å². The zero-order valence-corrected chi connectivity index (χ0v) is 10.3. The van der Waals surface area contributed by atoms with Crippen LogP contribution in [0.2, 0.25) is 0 Å². The molecule has 16 heavy (non-hydrogen) atoms. The number of carbonyl (C=O) groups is 1. The molecule has 0 spiro atoms. The first-order valence-electron chi connectivity index (χ1n) is 5.54. The second-order valence-electron chi connectivity index (χ2n) is 4.41. The molecular weight excluding hydrogens is 224 g/mol. The summed E-state index contributed by atoms with van der Waals surface area (Å²) in [7, 11) is 0. The van der Waals surface area contributed by atoms with E-state index in [0.717, 1.165) is 23.3 Å². The van der Waals surface area contributed by atoms with E-state index in [0.29, 0.717) is 6.42 Å². The number of carboxylic acids is 1. The van der Waals surface area contributed by atoms with Crippen LogP contribution in [0.25, 0.3) is 0 Å². The summed E-state index contributed by atoms with van der Waals surface area (Å²) in [6.07, 6.45) is 2.35. The normalized spacial score (nSPS) is 24.4. The van der Waals surface area contributed by atoms with Gasteiger partial charge >= 0.3 is 5.97 Å². The minimum absolute atomic E-state index is 0.0815. The maximum atomic E-state index is 11.6. The van der Waals surface area contributed by atoms with Gasteiger partial charge in [-0.25, -0.2) is 4.79 Å². The Hall–Kier alpha value is -0.870. The van der Waals surface area contributed by atoms with E-state index in [1.807, 2.05) is 25.3 Å². The number of aliphatic carboxylic acids is 1. The van der Waals surface area contributed by atoms with E-state index in [1.54, 1.807) is 11.3 Å². The molecule has 88 valence electrons. The molecule has 0 saturated carbocycles. The number of hydrogen-bond donors (Lipinski definition) is 1. The molecule has 0 bridgehead atoms. The van der Waals surface area contributed by atoms with E-state index < -0.39 is 11.6 Å². The predicted molar refractivity (Wildman–Crippen MR) is 62.8 cm³/mol. The van der Waals surface area contributed by atoms with Crippen molar-refractivity contribution in [3.63, 3.8) is 0 Å². The predicted octanol–water partition coefficient (Wildman–Crippen LogP) is 2.79. The second kappa shape index (κ2) is 4.18. The maximum Gasteiger partial charge on any atom is 0.340 e. The van der Waals surface area contributed by atoms with Crippen molar-refractivity contribution in [2.75, 3.05) is 0 Å². The summed E-state index contributed by atoms with van der Waals surface area (Å²) in [6, 6.07) is 1.90. The minimum atomic E-state index is -1.11. The van der Waals surface area contributed by atoms with Gasteiger partial charge in [-0.15, -0.1) is 11.3 Å². The highest BCUT2D eigenvalue weighted by atomic mass is 32.1. The molecular formula is C12H16O3S. The number of rotatable bonds is 3. The molecule has 0 aromatic carbocycles. The zero-order chi connectivity index (χ0) is 11.8. The molecule has 0 fully saturated rings. The van der Waals surface area contributed by atoms with E-state index in [-0.39, 0.29) is 6.10 Å². The third-order valence-electron chi connectivity index (χ3n) is 2.90. The van der Waals surface area contributed by atoms with Gasteiger partial charge in [0.2, 0.25) is 0 Å². The lowest BCUT2D eigenvalue weighted by Gasteiger charge is -2.35. The van der Waals surface area contributed by atoms with Gasteiger partial charge in [0, 0.05) is 10.4 Å². The van der Waals surface area contributed by atoms with E-state index in [4.69, 9.17) is 4.74 Å². The average molecular weight is 240 g/mol. The van der Waals surface area contributed by atoms with Gasteiger partial charge in [-0.05, 0) is 44.6 Å². The van der Waals surface area contributed by atoms with Crippen LogP contribution in [-0.4, -0.2) is 17.2 Å². The van der Waals surface area contributed by atoms with Crippen LogP contribution in [0.15, 0.2) is 11.4 Å². The number of aryl methyl sites for hydroxylation is 1. The third-order valence-corrected chi connectivity index (χ3v) is 3.88. The Labute approximate surface area is 99.1 Å². The van der Waals surface area contributed by atoms with Crippen LogP contribution >= 0.6 is 11.3 Å². The highest BCUT2D eigenvalue weighted by Gasteiger charge is 2.46.